The fraction of sp³-hybridized carbons (Fsp3) is 0.486. The Bertz CT molecular complexity index is 3350. The predicted octanol–water partition coefficient (Wildman–Crippen LogP) is 10.1. The van der Waals surface area contributed by atoms with Crippen LogP contribution in [0.2, 0.25) is 36.3 Å². The number of cyclic esters (lactones) is 1. The molecule has 0 saturated carbocycles. The second-order valence-corrected chi connectivity index (χ2v) is 38.9. The van der Waals surface area contributed by atoms with Gasteiger partial charge in [-0.1, -0.05) is 195 Å². The largest absolute Gasteiger partial charge is 0.544 e. The van der Waals surface area contributed by atoms with Crippen molar-refractivity contribution in [3.8, 4) is 5.75 Å². The zero-order valence-corrected chi connectivity index (χ0v) is 61.1. The highest BCUT2D eigenvalue weighted by molar-refractivity contribution is 7.48. The number of aliphatic hydroxyl groups is 1. The number of aliphatic hydroxyl groups excluding tert-OH is 1. The van der Waals surface area contributed by atoms with E-state index < -0.39 is 132 Å². The van der Waals surface area contributed by atoms with Gasteiger partial charge in [-0.3, -0.25) is 42.3 Å². The first-order chi connectivity index (χ1) is 45.2. The summed E-state index contributed by atoms with van der Waals surface area (Å²) in [5.74, 6) is -6.10. The summed E-state index contributed by atoms with van der Waals surface area (Å²) in [7, 11) is -8.44. The van der Waals surface area contributed by atoms with Crippen LogP contribution in [-0.2, 0) is 93.3 Å². The number of esters is 1. The lowest BCUT2D eigenvalue weighted by atomic mass is 9.97. The predicted molar refractivity (Wildman–Crippen MR) is 374 cm³/mol. The minimum absolute atomic E-state index is 0.0250. The molecule has 1 aliphatic rings. The van der Waals surface area contributed by atoms with Crippen LogP contribution in [0.3, 0.4) is 0 Å². The number of likely N-dealkylation sites (N-methyl/N-ethyl adjacent to an activating group) is 1. The number of hydrogen-bond acceptors (Lipinski definition) is 15. The molecule has 6 rings (SSSR count). The van der Waals surface area contributed by atoms with Gasteiger partial charge in [0, 0.05) is 32.9 Å². The first-order valence-electron chi connectivity index (χ1n) is 33.0. The molecule has 522 valence electrons. The SMILES string of the molecule is CC[C@H](C)[C@@H]1NC(=O)C(Cc2ccc(O[Si](C)(C)C(C)(C)C)cc2)N(C)C(=O)[C@H](Cc2ccccc2)NC(=O)[C@H](CCCO)NC(=O)[C@H](Cc2ccccc2)NC(=O)[C@@H](NC(=O)[C@H](COP(=O)(OCc2ccccc2)OCc2ccccc2)O[Si](C)(C)C(C)(C)C)[C@@H](C)OC1=O. The molecule has 0 bridgehead atoms. The van der Waals surface area contributed by atoms with Gasteiger partial charge in [0.15, 0.2) is 8.32 Å². The summed E-state index contributed by atoms with van der Waals surface area (Å²) >= 11 is 0. The minimum atomic E-state index is -4.58. The van der Waals surface area contributed by atoms with Crippen LogP contribution in [0.5, 0.6) is 5.75 Å². The molecular formula is C72H101N6O15PSi2. The smallest absolute Gasteiger partial charge is 0.475 e. The lowest BCUT2D eigenvalue weighted by molar-refractivity contribution is -0.158. The summed E-state index contributed by atoms with van der Waals surface area (Å²) in [5.41, 5.74) is 3.16. The highest BCUT2D eigenvalue weighted by Crippen LogP contribution is 2.51. The Morgan fingerprint density at radius 2 is 1.07 bits per heavy atom. The summed E-state index contributed by atoms with van der Waals surface area (Å²) < 4.78 is 52.4. The molecule has 0 aliphatic carbocycles. The monoisotopic (exact) mass is 1380 g/mol. The van der Waals surface area contributed by atoms with Gasteiger partial charge >= 0.3 is 13.8 Å². The molecule has 1 aliphatic heterocycles. The molecule has 9 atom stereocenters. The number of carbonyl (C=O) groups excluding carboxylic acids is 7. The molecule has 21 nitrogen and oxygen atoms in total. The lowest BCUT2D eigenvalue weighted by Crippen LogP contribution is -2.62. The van der Waals surface area contributed by atoms with E-state index in [1.54, 1.807) is 128 Å². The molecule has 5 aromatic carbocycles. The average Bonchev–Trinajstić information content (AvgIpc) is 1.06. The Labute approximate surface area is 569 Å². The van der Waals surface area contributed by atoms with Crippen LogP contribution in [0, 0.1) is 5.92 Å². The van der Waals surface area contributed by atoms with Crippen LogP contribution in [0.25, 0.3) is 0 Å². The second kappa shape index (κ2) is 35.2. The van der Waals surface area contributed by atoms with Crippen LogP contribution in [0.15, 0.2) is 146 Å². The molecule has 96 heavy (non-hydrogen) atoms. The molecule has 0 radical (unpaired) electrons. The van der Waals surface area contributed by atoms with Crippen LogP contribution < -0.4 is 31.0 Å². The highest BCUT2D eigenvalue weighted by Gasteiger charge is 2.45. The van der Waals surface area contributed by atoms with Gasteiger partial charge in [-0.15, -0.1) is 0 Å². The van der Waals surface area contributed by atoms with Gasteiger partial charge in [0.2, 0.25) is 37.9 Å². The zero-order valence-electron chi connectivity index (χ0n) is 58.2. The molecule has 5 aromatic rings. The van der Waals surface area contributed by atoms with Crippen LogP contribution in [0.4, 0.5) is 0 Å². The zero-order chi connectivity index (χ0) is 70.6. The molecule has 1 saturated heterocycles. The maximum absolute atomic E-state index is 15.5. The molecule has 0 aromatic heterocycles. The van der Waals surface area contributed by atoms with E-state index in [2.05, 4.69) is 60.4 Å². The Kier molecular flexibility index (Phi) is 28.5. The normalized spacial score (nSPS) is 20.8. The summed E-state index contributed by atoms with van der Waals surface area (Å²) in [6.07, 6.45) is -3.31. The fourth-order valence-electron chi connectivity index (χ4n) is 9.96. The number of nitrogens with zero attached hydrogens (tertiary/aromatic N) is 1. The van der Waals surface area contributed by atoms with Crippen molar-refractivity contribution in [2.45, 2.75) is 199 Å². The number of nitrogens with one attached hydrogen (secondary N) is 5. The number of phosphoric acid groups is 1. The Balaban J connectivity index is 1.47. The van der Waals surface area contributed by atoms with E-state index in [4.69, 9.17) is 27.2 Å². The van der Waals surface area contributed by atoms with E-state index in [0.717, 1.165) is 0 Å². The van der Waals surface area contributed by atoms with E-state index in [1.807, 2.05) is 65.1 Å². The van der Waals surface area contributed by atoms with Gasteiger partial charge in [0.1, 0.15) is 54.2 Å². The van der Waals surface area contributed by atoms with E-state index in [9.17, 15) is 14.5 Å². The quantitative estimate of drug-likeness (QED) is 0.0171. The number of benzene rings is 5. The Morgan fingerprint density at radius 3 is 1.56 bits per heavy atom. The van der Waals surface area contributed by atoms with E-state index in [1.165, 1.54) is 18.9 Å². The van der Waals surface area contributed by atoms with Crippen LogP contribution >= 0.6 is 7.82 Å². The summed E-state index contributed by atoms with van der Waals surface area (Å²) in [6.45, 7) is 23.6. The summed E-state index contributed by atoms with van der Waals surface area (Å²) in [4.78, 5) is 108. The highest BCUT2D eigenvalue weighted by atomic mass is 31.2. The van der Waals surface area contributed by atoms with Gasteiger partial charge in [0.25, 0.3) is 5.91 Å². The minimum Gasteiger partial charge on any atom is -0.544 e. The number of carbonyl (C=O) groups is 7. The fourth-order valence-corrected chi connectivity index (χ4v) is 13.4. The summed E-state index contributed by atoms with van der Waals surface area (Å²) in [6, 6.07) is 33.8. The third-order valence-corrected chi connectivity index (χ3v) is 28.4. The van der Waals surface area contributed by atoms with Crippen molar-refractivity contribution < 1.29 is 70.4 Å². The van der Waals surface area contributed by atoms with Gasteiger partial charge < -0.3 is 50.2 Å². The second-order valence-electron chi connectivity index (χ2n) is 27.7. The number of ether oxygens (including phenoxy) is 1. The summed E-state index contributed by atoms with van der Waals surface area (Å²) in [5, 5.41) is 23.7. The molecule has 1 heterocycles. The molecule has 1 fully saturated rings. The van der Waals surface area contributed by atoms with Crippen molar-refractivity contribution in [1.29, 1.82) is 0 Å². The van der Waals surface area contributed by atoms with Gasteiger partial charge in [-0.25, -0.2) is 9.36 Å². The third kappa shape index (κ3) is 22.9. The number of rotatable bonds is 26. The van der Waals surface area contributed by atoms with Crippen LogP contribution in [0.1, 0.15) is 109 Å². The lowest BCUT2D eigenvalue weighted by Gasteiger charge is -2.39. The van der Waals surface area contributed by atoms with E-state index in [-0.39, 0.29) is 57.0 Å². The Hall–Kier alpha value is -7.35. The van der Waals surface area contributed by atoms with E-state index >= 15 is 28.8 Å². The molecule has 0 spiro atoms. The van der Waals surface area contributed by atoms with Gasteiger partial charge in [-0.2, -0.15) is 0 Å². The van der Waals surface area contributed by atoms with Crippen molar-refractivity contribution >= 4 is 65.9 Å². The molecule has 24 heteroatoms. The van der Waals surface area contributed by atoms with Crippen LogP contribution in [-0.4, -0.2) is 137 Å². The van der Waals surface area contributed by atoms with Crippen molar-refractivity contribution in [3.63, 3.8) is 0 Å². The first kappa shape index (κ1) is 77.7. The van der Waals surface area contributed by atoms with Crippen molar-refractivity contribution in [1.82, 2.24) is 31.5 Å². The average molecular weight is 1380 g/mol. The maximum atomic E-state index is 15.5. The van der Waals surface area contributed by atoms with Gasteiger partial charge in [-0.05, 0) is 102 Å². The molecular weight excluding hydrogens is 1280 g/mol. The first-order valence-corrected chi connectivity index (χ1v) is 40.3. The molecule has 1 unspecified atom stereocenters. The van der Waals surface area contributed by atoms with Crippen molar-refractivity contribution in [2.75, 3.05) is 20.3 Å². The van der Waals surface area contributed by atoms with E-state index in [0.29, 0.717) is 40.0 Å². The maximum Gasteiger partial charge on any atom is 0.475 e. The van der Waals surface area contributed by atoms with Gasteiger partial charge in [0.05, 0.1) is 19.8 Å². The Morgan fingerprint density at radius 1 is 0.615 bits per heavy atom. The third-order valence-electron chi connectivity index (χ3n) is 18.2. The van der Waals surface area contributed by atoms with Crippen molar-refractivity contribution in [2.24, 2.45) is 5.92 Å². The van der Waals surface area contributed by atoms with Crippen molar-refractivity contribution in [3.05, 3.63) is 173 Å². The number of hydrogen-bond donors (Lipinski definition) is 6. The molecule has 6 N–H and O–H groups in total. The molecule has 6 amide bonds. The topological polar surface area (TPSA) is 276 Å². The number of amides is 6. The number of phosphoric ester groups is 1. The standard InChI is InChI=1S/C72H101N6O15PSi2/c1-15-49(2)62-70(86)91-50(3)63(77-67(83)61(93-96(13,14)72(7,8)9)48-90-94(87,88-46-54-33-24-18-25-34-54)89-47-55-35-26-19-27-36-55)68(84)74-58(43-51-29-20-16-21-30-51)65(81)73-57(37-28-42-79)64(80)75-59(44-52-31-22-17-23-32-52)69(85)78(10)60(66(82)76-62)45-53-38-40-56(41-39-53)92-95(11,12)71(4,5)6/h16-27,29-36,38-41,49-50,57-63,79H,15,28,37,42-48H2,1-14H3,(H,73,81)(H,74,84)(H,75,80)(H,76,82)(H,77,83)/t49-,50+,57-,58-,59-,60?,61-,62-,63-/m0/s1.